The van der Waals surface area contributed by atoms with Crippen LogP contribution >= 0.6 is 0 Å². The molecule has 0 heterocycles. The number of hydrogen-bond acceptors (Lipinski definition) is 0. The molecule has 0 rings (SSSR count). The topological polar surface area (TPSA) is 0 Å². The van der Waals surface area contributed by atoms with Gasteiger partial charge in [-0.1, -0.05) is 155 Å². The van der Waals surface area contributed by atoms with Crippen LogP contribution in [0.15, 0.2) is 0 Å². The summed E-state index contributed by atoms with van der Waals surface area (Å²) in [6.07, 6.45) is 32.4. The summed E-state index contributed by atoms with van der Waals surface area (Å²) in [7, 11) is 0. The van der Waals surface area contributed by atoms with Crippen molar-refractivity contribution < 1.29 is 0 Å². The van der Waals surface area contributed by atoms with E-state index in [-0.39, 0.29) is 18.9 Å². The Labute approximate surface area is 173 Å². The molecule has 0 aliphatic rings. The van der Waals surface area contributed by atoms with Gasteiger partial charge in [0.15, 0.2) is 0 Å². The summed E-state index contributed by atoms with van der Waals surface area (Å²) >= 11 is 0. The van der Waals surface area contributed by atoms with E-state index >= 15 is 0 Å². The summed E-state index contributed by atoms with van der Waals surface area (Å²) in [6, 6.07) is 0. The van der Waals surface area contributed by atoms with Crippen LogP contribution in [0.4, 0.5) is 0 Å². The van der Waals surface area contributed by atoms with Gasteiger partial charge in [0.05, 0.1) is 0 Å². The monoisotopic (exact) mass is 346 g/mol. The van der Waals surface area contributed by atoms with Crippen LogP contribution in [0, 0.1) is 0 Å². The van der Waals surface area contributed by atoms with E-state index in [9.17, 15) is 0 Å². The molecule has 0 amide bonds. The van der Waals surface area contributed by atoms with Crippen molar-refractivity contribution >= 4 is 18.9 Å². The SMILES string of the molecule is CCCCCCCCCCCCCCCCCCCCCCCC.[LiH]. The van der Waals surface area contributed by atoms with Crippen LogP contribution in [0.25, 0.3) is 0 Å². The third-order valence-electron chi connectivity index (χ3n) is 5.46. The third kappa shape index (κ3) is 26.9. The first-order chi connectivity index (χ1) is 11.9. The molecule has 0 aromatic heterocycles. The zero-order chi connectivity index (χ0) is 17.6. The van der Waals surface area contributed by atoms with Crippen LogP contribution in [0.5, 0.6) is 0 Å². The van der Waals surface area contributed by atoms with Gasteiger partial charge in [0.2, 0.25) is 0 Å². The van der Waals surface area contributed by atoms with Crippen molar-refractivity contribution in [1.82, 2.24) is 0 Å². The van der Waals surface area contributed by atoms with E-state index in [0.717, 1.165) is 0 Å². The van der Waals surface area contributed by atoms with Crippen LogP contribution in [0.1, 0.15) is 155 Å². The summed E-state index contributed by atoms with van der Waals surface area (Å²) in [5, 5.41) is 0. The molecule has 0 N–H and O–H groups in total. The Bertz CT molecular complexity index is 180. The van der Waals surface area contributed by atoms with E-state index in [4.69, 9.17) is 0 Å². The molecule has 0 aromatic rings. The van der Waals surface area contributed by atoms with Crippen molar-refractivity contribution in [1.29, 1.82) is 0 Å². The molecule has 0 radical (unpaired) electrons. The Morgan fingerprint density at radius 1 is 0.240 bits per heavy atom. The van der Waals surface area contributed by atoms with Crippen molar-refractivity contribution in [2.45, 2.75) is 155 Å². The molecule has 0 saturated heterocycles. The van der Waals surface area contributed by atoms with Crippen molar-refractivity contribution in [3.63, 3.8) is 0 Å². The zero-order valence-electron chi connectivity index (χ0n) is 17.6. The fourth-order valence-corrected chi connectivity index (χ4v) is 3.68. The normalized spacial score (nSPS) is 10.8. The summed E-state index contributed by atoms with van der Waals surface area (Å²) < 4.78 is 0. The third-order valence-corrected chi connectivity index (χ3v) is 5.46. The Hall–Kier alpha value is 0.597. The molecule has 0 saturated carbocycles. The average Bonchev–Trinajstić information content (AvgIpc) is 2.60. The van der Waals surface area contributed by atoms with Gasteiger partial charge in [-0.05, 0) is 0 Å². The second kappa shape index (κ2) is 26.8. The van der Waals surface area contributed by atoms with E-state index < -0.39 is 0 Å². The number of hydrogen-bond donors (Lipinski definition) is 0. The van der Waals surface area contributed by atoms with E-state index in [1.54, 1.807) is 0 Å². The summed E-state index contributed by atoms with van der Waals surface area (Å²) in [6.45, 7) is 4.60. The second-order valence-corrected chi connectivity index (χ2v) is 8.07. The molecule has 25 heavy (non-hydrogen) atoms. The molecule has 0 spiro atoms. The molecule has 0 unspecified atom stereocenters. The quantitative estimate of drug-likeness (QED) is 0.144. The minimum absolute atomic E-state index is 0. The molecule has 1 heteroatoms. The van der Waals surface area contributed by atoms with Gasteiger partial charge in [0.1, 0.15) is 0 Å². The van der Waals surface area contributed by atoms with Crippen molar-refractivity contribution in [2.24, 2.45) is 0 Å². The first kappa shape index (κ1) is 27.8. The first-order valence-corrected chi connectivity index (χ1v) is 11.9. The fourth-order valence-electron chi connectivity index (χ4n) is 3.68. The molecule has 0 aromatic carbocycles. The van der Waals surface area contributed by atoms with E-state index in [1.165, 1.54) is 141 Å². The van der Waals surface area contributed by atoms with Gasteiger partial charge < -0.3 is 0 Å². The van der Waals surface area contributed by atoms with Gasteiger partial charge in [-0.3, -0.25) is 0 Å². The van der Waals surface area contributed by atoms with Crippen LogP contribution in [-0.2, 0) is 0 Å². The zero-order valence-corrected chi connectivity index (χ0v) is 17.6. The van der Waals surface area contributed by atoms with Crippen LogP contribution < -0.4 is 0 Å². The summed E-state index contributed by atoms with van der Waals surface area (Å²) in [5.74, 6) is 0. The summed E-state index contributed by atoms with van der Waals surface area (Å²) in [4.78, 5) is 0. The second-order valence-electron chi connectivity index (χ2n) is 8.07. The van der Waals surface area contributed by atoms with Gasteiger partial charge in [-0.2, -0.15) is 0 Å². The molecular formula is C24H51Li. The molecule has 148 valence electrons. The molecule has 0 aliphatic heterocycles. The van der Waals surface area contributed by atoms with Crippen molar-refractivity contribution in [3.05, 3.63) is 0 Å². The average molecular weight is 347 g/mol. The minimum atomic E-state index is 0. The van der Waals surface area contributed by atoms with Gasteiger partial charge in [0.25, 0.3) is 0 Å². The Kier molecular flexibility index (Phi) is 29.8. The van der Waals surface area contributed by atoms with Gasteiger partial charge in [0, 0.05) is 0 Å². The van der Waals surface area contributed by atoms with Crippen molar-refractivity contribution in [2.75, 3.05) is 0 Å². The van der Waals surface area contributed by atoms with E-state index in [0.29, 0.717) is 0 Å². The Balaban J connectivity index is 0. The molecule has 0 nitrogen and oxygen atoms in total. The fraction of sp³-hybridized carbons (Fsp3) is 1.00. The van der Waals surface area contributed by atoms with Gasteiger partial charge >= 0.3 is 18.9 Å². The van der Waals surface area contributed by atoms with E-state index in [1.807, 2.05) is 0 Å². The first-order valence-electron chi connectivity index (χ1n) is 11.9. The number of rotatable bonds is 21. The predicted molar refractivity (Wildman–Crippen MR) is 120 cm³/mol. The molecule has 0 atom stereocenters. The van der Waals surface area contributed by atoms with Gasteiger partial charge in [-0.25, -0.2) is 0 Å². The van der Waals surface area contributed by atoms with Crippen molar-refractivity contribution in [3.8, 4) is 0 Å². The molecule has 0 bridgehead atoms. The molecular weight excluding hydrogens is 295 g/mol. The van der Waals surface area contributed by atoms with Gasteiger partial charge in [-0.15, -0.1) is 0 Å². The van der Waals surface area contributed by atoms with Crippen LogP contribution in [-0.4, -0.2) is 18.9 Å². The standard InChI is InChI=1S/C24H50.Li.H/c1-3-5-7-9-11-13-15-17-19-21-23-24-22-20-18-16-14-12-10-8-6-4-2;;/h3-24H2,1-2H3;;. The molecule has 0 aliphatic carbocycles. The molecule has 0 fully saturated rings. The van der Waals surface area contributed by atoms with Crippen LogP contribution in [0.2, 0.25) is 0 Å². The maximum atomic E-state index is 2.30. The Morgan fingerprint density at radius 3 is 0.480 bits per heavy atom. The van der Waals surface area contributed by atoms with E-state index in [2.05, 4.69) is 13.8 Å². The Morgan fingerprint density at radius 2 is 0.360 bits per heavy atom. The number of unbranched alkanes of at least 4 members (excludes halogenated alkanes) is 21. The predicted octanol–water partition coefficient (Wildman–Crippen LogP) is 8.96. The van der Waals surface area contributed by atoms with Crippen LogP contribution in [0.3, 0.4) is 0 Å². The summed E-state index contributed by atoms with van der Waals surface area (Å²) in [5.41, 5.74) is 0. The maximum absolute atomic E-state index is 2.30.